The number of nitrogens with zero attached hydrogens (tertiary/aromatic N) is 4. The number of carbonyl (C=O) groups excluding carboxylic acids is 1. The first kappa shape index (κ1) is 19.6. The third-order valence-corrected chi connectivity index (χ3v) is 6.02. The summed E-state index contributed by atoms with van der Waals surface area (Å²) in [5.41, 5.74) is 0.764. The molecule has 1 atom stereocenters. The first-order chi connectivity index (χ1) is 13.0. The Bertz CT molecular complexity index is 910. The van der Waals surface area contributed by atoms with Crippen molar-refractivity contribution in [2.75, 3.05) is 7.05 Å². The van der Waals surface area contributed by atoms with Gasteiger partial charge in [-0.05, 0) is 43.0 Å². The minimum atomic E-state index is -0.325. The molecule has 0 radical (unpaired) electrons. The van der Waals surface area contributed by atoms with Gasteiger partial charge in [-0.25, -0.2) is 4.39 Å². The summed E-state index contributed by atoms with van der Waals surface area (Å²) in [4.78, 5) is 15.4. The van der Waals surface area contributed by atoms with Crippen molar-refractivity contribution in [2.24, 2.45) is 0 Å². The van der Waals surface area contributed by atoms with E-state index in [2.05, 4.69) is 10.2 Å². The van der Waals surface area contributed by atoms with Crippen LogP contribution in [0.5, 0.6) is 0 Å². The third-order valence-electron chi connectivity index (χ3n) is 4.09. The predicted molar refractivity (Wildman–Crippen MR) is 107 cm³/mol. The lowest BCUT2D eigenvalue weighted by atomic mass is 10.2. The lowest BCUT2D eigenvalue weighted by molar-refractivity contribution is -0.129. The Morgan fingerprint density at radius 3 is 2.81 bits per heavy atom. The number of aromatic nitrogens is 3. The summed E-state index contributed by atoms with van der Waals surface area (Å²) < 4.78 is 15.4. The number of thiophene rings is 1. The molecule has 0 saturated heterocycles. The molecule has 0 aliphatic heterocycles. The van der Waals surface area contributed by atoms with E-state index in [1.807, 2.05) is 42.0 Å². The molecular weight excluding hydrogens is 383 g/mol. The Morgan fingerprint density at radius 2 is 2.15 bits per heavy atom. The zero-order valence-corrected chi connectivity index (χ0v) is 17.1. The van der Waals surface area contributed by atoms with Crippen LogP contribution in [0.1, 0.15) is 19.4 Å². The highest BCUT2D eigenvalue weighted by Crippen LogP contribution is 2.29. The van der Waals surface area contributed by atoms with Gasteiger partial charge in [0.15, 0.2) is 11.0 Å². The van der Waals surface area contributed by atoms with E-state index in [-0.39, 0.29) is 17.0 Å². The first-order valence-electron chi connectivity index (χ1n) is 8.62. The molecule has 0 bridgehead atoms. The van der Waals surface area contributed by atoms with Crippen LogP contribution >= 0.6 is 23.1 Å². The second kappa shape index (κ2) is 8.67. The zero-order chi connectivity index (χ0) is 19.4. The van der Waals surface area contributed by atoms with Crippen LogP contribution in [0.15, 0.2) is 46.9 Å². The average molecular weight is 405 g/mol. The second-order valence-electron chi connectivity index (χ2n) is 6.11. The van der Waals surface area contributed by atoms with E-state index in [4.69, 9.17) is 0 Å². The number of carbonyl (C=O) groups is 1. The van der Waals surface area contributed by atoms with Gasteiger partial charge >= 0.3 is 0 Å². The summed E-state index contributed by atoms with van der Waals surface area (Å²) in [5, 5.41) is 11.0. The molecule has 0 aliphatic carbocycles. The van der Waals surface area contributed by atoms with Gasteiger partial charge in [0, 0.05) is 20.1 Å². The van der Waals surface area contributed by atoms with Crippen molar-refractivity contribution in [3.05, 3.63) is 53.2 Å². The van der Waals surface area contributed by atoms with Gasteiger partial charge in [0.05, 0.1) is 10.1 Å². The molecular formula is C19H21FN4OS2. The zero-order valence-electron chi connectivity index (χ0n) is 15.4. The average Bonchev–Trinajstić information content (AvgIpc) is 3.30. The van der Waals surface area contributed by atoms with Crippen LogP contribution in [0.25, 0.3) is 10.7 Å². The number of halogens is 1. The maximum absolute atomic E-state index is 13.3. The largest absolute Gasteiger partial charge is 0.340 e. The van der Waals surface area contributed by atoms with Crippen LogP contribution in [0, 0.1) is 5.82 Å². The van der Waals surface area contributed by atoms with Crippen molar-refractivity contribution in [3.8, 4) is 10.7 Å². The molecule has 0 N–H and O–H groups in total. The summed E-state index contributed by atoms with van der Waals surface area (Å²) in [6.45, 7) is 4.98. The van der Waals surface area contributed by atoms with Crippen LogP contribution < -0.4 is 0 Å². The van der Waals surface area contributed by atoms with Gasteiger partial charge in [-0.2, -0.15) is 0 Å². The molecule has 0 saturated carbocycles. The minimum absolute atomic E-state index is 0.0346. The molecule has 8 heteroatoms. The van der Waals surface area contributed by atoms with Gasteiger partial charge in [-0.15, -0.1) is 21.5 Å². The van der Waals surface area contributed by atoms with Gasteiger partial charge in [0.25, 0.3) is 0 Å². The number of thioether (sulfide) groups is 1. The second-order valence-corrected chi connectivity index (χ2v) is 8.37. The van der Waals surface area contributed by atoms with Gasteiger partial charge in [0.2, 0.25) is 5.91 Å². The fourth-order valence-corrected chi connectivity index (χ4v) is 4.50. The summed E-state index contributed by atoms with van der Waals surface area (Å²) >= 11 is 3.00. The van der Waals surface area contributed by atoms with Crippen LogP contribution in [-0.4, -0.2) is 37.9 Å². The Labute approximate surface area is 166 Å². The molecule has 3 rings (SSSR count). The highest BCUT2D eigenvalue weighted by molar-refractivity contribution is 8.00. The molecule has 0 aliphatic rings. The molecule has 1 amide bonds. The Balaban J connectivity index is 1.69. The van der Waals surface area contributed by atoms with Crippen LogP contribution in [-0.2, 0) is 17.9 Å². The van der Waals surface area contributed by atoms with E-state index < -0.39 is 0 Å². The van der Waals surface area contributed by atoms with E-state index in [0.717, 1.165) is 28.0 Å². The highest BCUT2D eigenvalue weighted by Gasteiger charge is 2.23. The van der Waals surface area contributed by atoms with Crippen LogP contribution in [0.4, 0.5) is 4.39 Å². The van der Waals surface area contributed by atoms with E-state index in [9.17, 15) is 9.18 Å². The lowest BCUT2D eigenvalue weighted by Crippen LogP contribution is -2.33. The van der Waals surface area contributed by atoms with E-state index in [0.29, 0.717) is 6.54 Å². The Morgan fingerprint density at radius 1 is 1.33 bits per heavy atom. The summed E-state index contributed by atoms with van der Waals surface area (Å²) in [5.74, 6) is 0.489. The van der Waals surface area contributed by atoms with E-state index >= 15 is 0 Å². The van der Waals surface area contributed by atoms with Crippen molar-refractivity contribution >= 4 is 29.0 Å². The van der Waals surface area contributed by atoms with Crippen molar-refractivity contribution in [1.29, 1.82) is 0 Å². The highest BCUT2D eigenvalue weighted by atomic mass is 32.2. The number of rotatable bonds is 7. The quantitative estimate of drug-likeness (QED) is 0.551. The summed E-state index contributed by atoms with van der Waals surface area (Å²) in [7, 11) is 1.73. The van der Waals surface area contributed by atoms with Crippen molar-refractivity contribution < 1.29 is 9.18 Å². The Kier molecular flexibility index (Phi) is 6.28. The fraction of sp³-hybridized carbons (Fsp3) is 0.316. The number of hydrogen-bond acceptors (Lipinski definition) is 5. The molecule has 0 fully saturated rings. The van der Waals surface area contributed by atoms with Gasteiger partial charge in [0.1, 0.15) is 5.82 Å². The Hall–Kier alpha value is -2.19. The summed E-state index contributed by atoms with van der Waals surface area (Å²) in [6, 6.07) is 10.3. The molecule has 0 spiro atoms. The topological polar surface area (TPSA) is 51.0 Å². The van der Waals surface area contributed by atoms with Crippen LogP contribution in [0.2, 0.25) is 0 Å². The first-order valence-corrected chi connectivity index (χ1v) is 10.4. The molecule has 1 aromatic carbocycles. The van der Waals surface area contributed by atoms with Crippen LogP contribution in [0.3, 0.4) is 0 Å². The molecule has 0 unspecified atom stereocenters. The fourth-order valence-electron chi connectivity index (χ4n) is 2.75. The number of benzene rings is 1. The van der Waals surface area contributed by atoms with Gasteiger partial charge in [-0.3, -0.25) is 4.79 Å². The van der Waals surface area contributed by atoms with Crippen molar-refractivity contribution in [3.63, 3.8) is 0 Å². The molecule has 2 heterocycles. The number of amides is 1. The van der Waals surface area contributed by atoms with Crippen molar-refractivity contribution in [2.45, 2.75) is 37.3 Å². The molecule has 3 aromatic rings. The van der Waals surface area contributed by atoms with Crippen molar-refractivity contribution in [1.82, 2.24) is 19.7 Å². The normalized spacial score (nSPS) is 12.1. The molecule has 5 nitrogen and oxygen atoms in total. The maximum Gasteiger partial charge on any atom is 0.235 e. The SMILES string of the molecule is CCn1c(S[C@@H](C)C(=O)N(C)Cc2cccc(F)c2)nnc1-c1cccs1. The summed E-state index contributed by atoms with van der Waals surface area (Å²) in [6.07, 6.45) is 0. The lowest BCUT2D eigenvalue weighted by Gasteiger charge is -2.21. The van der Waals surface area contributed by atoms with E-state index in [1.165, 1.54) is 23.9 Å². The molecule has 27 heavy (non-hydrogen) atoms. The molecule has 142 valence electrons. The number of hydrogen-bond donors (Lipinski definition) is 0. The molecule has 2 aromatic heterocycles. The van der Waals surface area contributed by atoms with Gasteiger partial charge in [-0.1, -0.05) is 30.0 Å². The standard InChI is InChI=1S/C19H21FN4OS2/c1-4-24-17(16-9-6-10-26-16)21-22-19(24)27-13(2)18(25)23(3)12-14-7-5-8-15(20)11-14/h5-11,13H,4,12H2,1-3H3/t13-/m0/s1. The van der Waals surface area contributed by atoms with E-state index in [1.54, 1.807) is 29.4 Å². The smallest absolute Gasteiger partial charge is 0.235 e. The predicted octanol–water partition coefficient (Wildman–Crippen LogP) is 4.30. The maximum atomic E-state index is 13.3. The monoisotopic (exact) mass is 404 g/mol. The minimum Gasteiger partial charge on any atom is -0.340 e. The third kappa shape index (κ3) is 4.56. The van der Waals surface area contributed by atoms with Gasteiger partial charge < -0.3 is 9.47 Å².